The largest absolute Gasteiger partial charge is 0.478 e. The molecule has 1 aliphatic rings. The van der Waals surface area contributed by atoms with Gasteiger partial charge in [0.2, 0.25) is 17.8 Å². The summed E-state index contributed by atoms with van der Waals surface area (Å²) in [6, 6.07) is 18.8. The maximum absolute atomic E-state index is 15.0. The highest BCUT2D eigenvalue weighted by molar-refractivity contribution is 6.24. The number of nitrogens with zero attached hydrogens (tertiary/aromatic N) is 5. The van der Waals surface area contributed by atoms with Crippen LogP contribution in [0, 0.1) is 19.3 Å². The molecule has 16 heteroatoms. The van der Waals surface area contributed by atoms with Crippen LogP contribution in [0.15, 0.2) is 71.7 Å². The number of amides is 4. The lowest BCUT2D eigenvalue weighted by Crippen LogP contribution is -2.58. The number of hydrogen-bond acceptors (Lipinski definition) is 11. The van der Waals surface area contributed by atoms with E-state index in [4.69, 9.17) is 24.0 Å². The second-order valence-corrected chi connectivity index (χ2v) is 16.5. The van der Waals surface area contributed by atoms with Crippen molar-refractivity contribution < 1.29 is 38.1 Å². The predicted octanol–water partition coefficient (Wildman–Crippen LogP) is 6.98. The van der Waals surface area contributed by atoms with Gasteiger partial charge in [-0.05, 0) is 61.8 Å². The number of methoxy groups -OCH3 is 1. The molecule has 0 spiro atoms. The minimum atomic E-state index is -1.59. The smallest absolute Gasteiger partial charge is 0.263 e. The van der Waals surface area contributed by atoms with Crippen molar-refractivity contribution in [1.29, 1.82) is 0 Å². The molecule has 0 saturated carbocycles. The number of rotatable bonds is 21. The van der Waals surface area contributed by atoms with E-state index in [1.807, 2.05) is 32.0 Å². The van der Waals surface area contributed by atoms with Gasteiger partial charge in [0.15, 0.2) is 18.1 Å². The molecule has 0 radical (unpaired) electrons. The van der Waals surface area contributed by atoms with Gasteiger partial charge in [0.05, 0.1) is 26.4 Å². The average Bonchev–Trinajstić information content (AvgIpc) is 3.65. The van der Waals surface area contributed by atoms with Crippen LogP contribution in [0.2, 0.25) is 0 Å². The molecule has 63 heavy (non-hydrogen) atoms. The van der Waals surface area contributed by atoms with E-state index in [2.05, 4.69) is 59.7 Å². The van der Waals surface area contributed by atoms with Crippen LogP contribution in [-0.4, -0.2) is 95.6 Å². The highest BCUT2D eigenvalue weighted by Crippen LogP contribution is 2.37. The highest BCUT2D eigenvalue weighted by atomic mass is 16.5. The van der Waals surface area contributed by atoms with Crippen LogP contribution in [0.4, 0.5) is 11.6 Å². The van der Waals surface area contributed by atoms with Crippen molar-refractivity contribution in [3.05, 3.63) is 83.4 Å². The maximum Gasteiger partial charge on any atom is 0.263 e. The Morgan fingerprint density at radius 2 is 1.63 bits per heavy atom. The van der Waals surface area contributed by atoms with Crippen molar-refractivity contribution in [2.75, 3.05) is 50.8 Å². The number of aromatic nitrogens is 3. The van der Waals surface area contributed by atoms with Gasteiger partial charge < -0.3 is 24.3 Å². The zero-order valence-corrected chi connectivity index (χ0v) is 38.2. The number of aliphatic imine (C=N–C) groups is 1. The molecule has 338 valence electrons. The lowest BCUT2D eigenvalue weighted by Gasteiger charge is -2.39. The zero-order valence-electron chi connectivity index (χ0n) is 38.2. The van der Waals surface area contributed by atoms with Crippen LogP contribution in [-0.2, 0) is 34.1 Å². The molecule has 2 atom stereocenters. The zero-order chi connectivity index (χ0) is 45.9. The van der Waals surface area contributed by atoms with Gasteiger partial charge in [-0.25, -0.2) is 10.00 Å². The summed E-state index contributed by atoms with van der Waals surface area (Å²) in [5.41, 5.74) is 2.34. The summed E-state index contributed by atoms with van der Waals surface area (Å²) in [6.45, 7) is 17.8. The number of ether oxygens (including phenoxy) is 4. The number of benzene rings is 3. The minimum absolute atomic E-state index is 0.0462. The van der Waals surface area contributed by atoms with Crippen molar-refractivity contribution in [3.63, 3.8) is 0 Å². The van der Waals surface area contributed by atoms with Gasteiger partial charge in [0.1, 0.15) is 29.5 Å². The molecular weight excluding hydrogens is 805 g/mol. The Kier molecular flexibility index (Phi) is 16.3. The number of nitrogens with one attached hydrogen (secondary N) is 3. The third-order valence-electron chi connectivity index (χ3n) is 10.9. The van der Waals surface area contributed by atoms with Gasteiger partial charge in [0.25, 0.3) is 11.8 Å². The first kappa shape index (κ1) is 48.1. The lowest BCUT2D eigenvalue weighted by molar-refractivity contribution is -0.149. The topological polar surface area (TPSA) is 188 Å². The molecule has 0 saturated heterocycles. The standard InChI is InChI=1S/C47H62N8O8/c1-11-38(63-37-22-19-30(4)27-35(37)46(7,8)9)48-29-62-34-21-20-31(5)36(28-34)50-42(57)39(55-45(49-32(6)56)51-40(53-55)33-17-15-14-16-18-33)41-52-43(58)47(12-2,13-3)44(59)54(41)23-24-61-26-25-60-10/h14-22,27-28,38-39,48H,11-13,23-26,29H2,1-10H3,(H,50,57)(H,49,51,53,56). The maximum atomic E-state index is 15.0. The molecule has 1 aromatic heterocycles. The molecular formula is C47H62N8O8. The van der Waals surface area contributed by atoms with Crippen LogP contribution in [0.5, 0.6) is 11.5 Å². The number of aryl methyl sites for hydroxylation is 2. The van der Waals surface area contributed by atoms with Crippen LogP contribution in [0.3, 0.4) is 0 Å². The summed E-state index contributed by atoms with van der Waals surface area (Å²) in [4.78, 5) is 66.7. The van der Waals surface area contributed by atoms with Gasteiger partial charge >= 0.3 is 0 Å². The first-order chi connectivity index (χ1) is 30.1. The van der Waals surface area contributed by atoms with Crippen molar-refractivity contribution in [2.45, 2.75) is 99.3 Å². The summed E-state index contributed by atoms with van der Waals surface area (Å²) in [5, 5.41) is 13.7. The fraction of sp³-hybridized carbons (Fsp3) is 0.468. The molecule has 16 nitrogen and oxygen atoms in total. The van der Waals surface area contributed by atoms with Crippen LogP contribution < -0.4 is 25.4 Å². The molecule has 1 aliphatic heterocycles. The van der Waals surface area contributed by atoms with Gasteiger partial charge in [-0.2, -0.15) is 9.98 Å². The number of anilines is 2. The van der Waals surface area contributed by atoms with E-state index < -0.39 is 35.1 Å². The number of carbonyl (C=O) groups excluding carboxylic acids is 4. The second kappa shape index (κ2) is 21.4. The number of hydrogen-bond donors (Lipinski definition) is 3. The number of amidine groups is 1. The fourth-order valence-electron chi connectivity index (χ4n) is 7.20. The average molecular weight is 867 g/mol. The van der Waals surface area contributed by atoms with E-state index >= 15 is 4.79 Å². The molecule has 0 bridgehead atoms. The van der Waals surface area contributed by atoms with Crippen molar-refractivity contribution in [2.24, 2.45) is 10.4 Å². The van der Waals surface area contributed by atoms with Crippen LogP contribution in [0.1, 0.15) is 90.5 Å². The molecule has 2 heterocycles. The normalized spacial score (nSPS) is 14.8. The highest BCUT2D eigenvalue weighted by Gasteiger charge is 2.52. The van der Waals surface area contributed by atoms with Gasteiger partial charge in [-0.1, -0.05) is 95.6 Å². The lowest BCUT2D eigenvalue weighted by atomic mass is 9.78. The Bertz CT molecular complexity index is 2260. The molecule has 2 unspecified atom stereocenters. The summed E-state index contributed by atoms with van der Waals surface area (Å²) < 4.78 is 24.7. The van der Waals surface area contributed by atoms with E-state index in [9.17, 15) is 14.4 Å². The third kappa shape index (κ3) is 11.5. The van der Waals surface area contributed by atoms with Crippen molar-refractivity contribution >= 4 is 41.1 Å². The fourth-order valence-corrected chi connectivity index (χ4v) is 7.20. The summed E-state index contributed by atoms with van der Waals surface area (Å²) in [5.74, 6) is -1.29. The third-order valence-corrected chi connectivity index (χ3v) is 10.9. The summed E-state index contributed by atoms with van der Waals surface area (Å²) in [6.07, 6.45) is 0.679. The molecule has 0 aliphatic carbocycles. The SMILES string of the molecule is CCC(NCOc1ccc(C)c(NC(=O)C(C2=NC(=O)C(CC)(CC)C(=O)N2CCOCCOC)n2nc(-c3ccccc3)nc2NC(C)=O)c1)Oc1ccc(C)cc1C(C)(C)C. The molecule has 3 aromatic carbocycles. The molecule has 5 rings (SSSR count). The molecule has 0 fully saturated rings. The van der Waals surface area contributed by atoms with E-state index in [0.717, 1.165) is 16.9 Å². The Morgan fingerprint density at radius 3 is 2.29 bits per heavy atom. The van der Waals surface area contributed by atoms with Crippen LogP contribution >= 0.6 is 0 Å². The predicted molar refractivity (Wildman–Crippen MR) is 242 cm³/mol. The Labute approximate surface area is 370 Å². The first-order valence-electron chi connectivity index (χ1n) is 21.4. The number of carbonyl (C=O) groups is 4. The van der Waals surface area contributed by atoms with Gasteiger partial charge in [0, 0.05) is 31.4 Å². The summed E-state index contributed by atoms with van der Waals surface area (Å²) in [7, 11) is 1.55. The quantitative estimate of drug-likeness (QED) is 0.0446. The van der Waals surface area contributed by atoms with Gasteiger partial charge in [-0.15, -0.1) is 5.10 Å². The van der Waals surface area contributed by atoms with E-state index in [1.165, 1.54) is 16.5 Å². The summed E-state index contributed by atoms with van der Waals surface area (Å²) >= 11 is 0. The first-order valence-corrected chi connectivity index (χ1v) is 21.4. The Morgan fingerprint density at radius 1 is 0.905 bits per heavy atom. The molecule has 4 amide bonds. The van der Waals surface area contributed by atoms with E-state index in [-0.39, 0.29) is 68.6 Å². The van der Waals surface area contributed by atoms with Crippen molar-refractivity contribution in [1.82, 2.24) is 25.0 Å². The van der Waals surface area contributed by atoms with E-state index in [0.29, 0.717) is 35.6 Å². The Hall–Kier alpha value is -5.97. The Balaban J connectivity index is 1.51. The molecule has 3 N–H and O–H groups in total. The van der Waals surface area contributed by atoms with Crippen molar-refractivity contribution in [3.8, 4) is 22.9 Å². The van der Waals surface area contributed by atoms with Crippen LogP contribution in [0.25, 0.3) is 11.4 Å². The van der Waals surface area contributed by atoms with E-state index in [1.54, 1.807) is 63.4 Å². The van der Waals surface area contributed by atoms with Gasteiger partial charge in [-0.3, -0.25) is 29.4 Å². The monoisotopic (exact) mass is 866 g/mol. The second-order valence-electron chi connectivity index (χ2n) is 16.5. The minimum Gasteiger partial charge on any atom is -0.478 e. The molecule has 4 aromatic rings.